The Bertz CT molecular complexity index is 367. The summed E-state index contributed by atoms with van der Waals surface area (Å²) in [6.45, 7) is 13.0. The summed E-state index contributed by atoms with van der Waals surface area (Å²) in [4.78, 5) is 2.52. The molecule has 0 spiro atoms. The van der Waals surface area contributed by atoms with Crippen LogP contribution in [0.3, 0.4) is 0 Å². The van der Waals surface area contributed by atoms with Crippen molar-refractivity contribution in [2.24, 2.45) is 5.92 Å². The molecule has 0 bridgehead atoms. The zero-order valence-electron chi connectivity index (χ0n) is 12.0. The van der Waals surface area contributed by atoms with Crippen molar-refractivity contribution in [1.82, 2.24) is 15.4 Å². The maximum atomic E-state index is 5.25. The molecule has 1 aliphatic heterocycles. The quantitative estimate of drug-likeness (QED) is 0.893. The Labute approximate surface area is 110 Å². The lowest BCUT2D eigenvalue weighted by molar-refractivity contribution is 0.237. The molecule has 1 N–H and O–H groups in total. The second-order valence-electron chi connectivity index (χ2n) is 5.70. The maximum absolute atomic E-state index is 5.25. The summed E-state index contributed by atoms with van der Waals surface area (Å²) in [5.74, 6) is 1.64. The van der Waals surface area contributed by atoms with Gasteiger partial charge in [-0.1, -0.05) is 19.0 Å². The van der Waals surface area contributed by atoms with Crippen molar-refractivity contribution in [3.05, 3.63) is 17.0 Å². The highest BCUT2D eigenvalue weighted by atomic mass is 16.5. The lowest BCUT2D eigenvalue weighted by Crippen LogP contribution is -2.41. The SMILES string of the molecule is Cc1noc(C)c1CN1CCCNC(C(C)C)C1. The lowest BCUT2D eigenvalue weighted by Gasteiger charge is -2.26. The molecule has 2 rings (SSSR count). The third-order valence-corrected chi connectivity index (χ3v) is 3.88. The van der Waals surface area contributed by atoms with Gasteiger partial charge >= 0.3 is 0 Å². The predicted octanol–water partition coefficient (Wildman–Crippen LogP) is 2.11. The predicted molar refractivity (Wildman–Crippen MR) is 72.5 cm³/mol. The first-order valence-corrected chi connectivity index (χ1v) is 6.95. The van der Waals surface area contributed by atoms with E-state index >= 15 is 0 Å². The van der Waals surface area contributed by atoms with E-state index in [9.17, 15) is 0 Å². The summed E-state index contributed by atoms with van der Waals surface area (Å²) >= 11 is 0. The molecule has 4 nitrogen and oxygen atoms in total. The number of aromatic nitrogens is 1. The van der Waals surface area contributed by atoms with Crippen molar-refractivity contribution in [3.63, 3.8) is 0 Å². The zero-order valence-corrected chi connectivity index (χ0v) is 12.0. The van der Waals surface area contributed by atoms with Crippen molar-refractivity contribution in [3.8, 4) is 0 Å². The topological polar surface area (TPSA) is 41.3 Å². The molecular weight excluding hydrogens is 226 g/mol. The van der Waals surface area contributed by atoms with Gasteiger partial charge in [-0.05, 0) is 39.3 Å². The molecule has 1 saturated heterocycles. The monoisotopic (exact) mass is 251 g/mol. The summed E-state index contributed by atoms with van der Waals surface area (Å²) in [6, 6.07) is 0.591. The summed E-state index contributed by atoms with van der Waals surface area (Å²) < 4.78 is 5.25. The molecule has 1 aromatic rings. The molecular formula is C14H25N3O. The molecule has 1 fully saturated rings. The molecule has 0 aliphatic carbocycles. The van der Waals surface area contributed by atoms with Gasteiger partial charge in [0.25, 0.3) is 0 Å². The zero-order chi connectivity index (χ0) is 13.1. The largest absolute Gasteiger partial charge is 0.361 e. The van der Waals surface area contributed by atoms with E-state index in [1.807, 2.05) is 13.8 Å². The molecule has 2 heterocycles. The minimum absolute atomic E-state index is 0.591. The minimum atomic E-state index is 0.591. The van der Waals surface area contributed by atoms with Crippen molar-refractivity contribution in [1.29, 1.82) is 0 Å². The molecule has 1 atom stereocenters. The van der Waals surface area contributed by atoms with Crippen LogP contribution >= 0.6 is 0 Å². The summed E-state index contributed by atoms with van der Waals surface area (Å²) in [7, 11) is 0. The van der Waals surface area contributed by atoms with Gasteiger partial charge in [0.2, 0.25) is 0 Å². The third-order valence-electron chi connectivity index (χ3n) is 3.88. The Morgan fingerprint density at radius 1 is 1.44 bits per heavy atom. The van der Waals surface area contributed by atoms with Crippen molar-refractivity contribution >= 4 is 0 Å². The fourth-order valence-electron chi connectivity index (χ4n) is 2.57. The standard InChI is InChI=1S/C14H25N3O/c1-10(2)14-9-17(7-5-6-15-14)8-13-11(3)16-18-12(13)4/h10,14-15H,5-9H2,1-4H3. The summed E-state index contributed by atoms with van der Waals surface area (Å²) in [5, 5.41) is 7.68. The second-order valence-corrected chi connectivity index (χ2v) is 5.70. The Kier molecular flexibility index (Phi) is 4.40. The molecule has 0 amide bonds. The van der Waals surface area contributed by atoms with E-state index in [1.165, 1.54) is 12.0 Å². The van der Waals surface area contributed by atoms with E-state index in [1.54, 1.807) is 0 Å². The average Bonchev–Trinajstić information content (AvgIpc) is 2.58. The number of rotatable bonds is 3. The number of nitrogens with zero attached hydrogens (tertiary/aromatic N) is 2. The van der Waals surface area contributed by atoms with E-state index in [0.29, 0.717) is 12.0 Å². The van der Waals surface area contributed by atoms with Crippen LogP contribution in [0.4, 0.5) is 0 Å². The summed E-state index contributed by atoms with van der Waals surface area (Å²) in [6.07, 6.45) is 1.21. The lowest BCUT2D eigenvalue weighted by atomic mass is 10.0. The highest BCUT2D eigenvalue weighted by Crippen LogP contribution is 2.17. The van der Waals surface area contributed by atoms with E-state index in [4.69, 9.17) is 4.52 Å². The average molecular weight is 251 g/mol. The van der Waals surface area contributed by atoms with Gasteiger partial charge in [-0.2, -0.15) is 0 Å². The Morgan fingerprint density at radius 3 is 2.83 bits per heavy atom. The minimum Gasteiger partial charge on any atom is -0.361 e. The van der Waals surface area contributed by atoms with E-state index in [2.05, 4.69) is 29.2 Å². The van der Waals surface area contributed by atoms with Gasteiger partial charge in [-0.15, -0.1) is 0 Å². The Hall–Kier alpha value is -0.870. The molecule has 0 saturated carbocycles. The van der Waals surface area contributed by atoms with E-state index in [-0.39, 0.29) is 0 Å². The van der Waals surface area contributed by atoms with E-state index in [0.717, 1.165) is 37.6 Å². The fraction of sp³-hybridized carbons (Fsp3) is 0.786. The molecule has 0 radical (unpaired) electrons. The first kappa shape index (κ1) is 13.6. The molecule has 1 aromatic heterocycles. The van der Waals surface area contributed by atoms with Gasteiger partial charge < -0.3 is 9.84 Å². The Morgan fingerprint density at radius 2 is 2.22 bits per heavy atom. The molecule has 18 heavy (non-hydrogen) atoms. The van der Waals surface area contributed by atoms with Crippen LogP contribution in [0, 0.1) is 19.8 Å². The van der Waals surface area contributed by atoms with Crippen LogP contribution in [0.1, 0.15) is 37.3 Å². The first-order chi connectivity index (χ1) is 8.58. The third kappa shape index (κ3) is 3.12. The van der Waals surface area contributed by atoms with E-state index < -0.39 is 0 Å². The highest BCUT2D eigenvalue weighted by Gasteiger charge is 2.22. The molecule has 4 heteroatoms. The van der Waals surface area contributed by atoms with Gasteiger partial charge in [0, 0.05) is 24.7 Å². The van der Waals surface area contributed by atoms with Gasteiger partial charge in [0.1, 0.15) is 5.76 Å². The van der Waals surface area contributed by atoms with Crippen LogP contribution in [0.25, 0.3) is 0 Å². The van der Waals surface area contributed by atoms with Crippen molar-refractivity contribution in [2.75, 3.05) is 19.6 Å². The van der Waals surface area contributed by atoms with Gasteiger partial charge in [-0.3, -0.25) is 4.90 Å². The van der Waals surface area contributed by atoms with Gasteiger partial charge in [0.05, 0.1) is 5.69 Å². The number of hydrogen-bond acceptors (Lipinski definition) is 4. The molecule has 1 aliphatic rings. The smallest absolute Gasteiger partial charge is 0.138 e. The number of aryl methyl sites for hydroxylation is 2. The van der Waals surface area contributed by atoms with Crippen LogP contribution < -0.4 is 5.32 Å². The summed E-state index contributed by atoms with van der Waals surface area (Å²) in [5.41, 5.74) is 2.30. The Balaban J connectivity index is 2.03. The van der Waals surface area contributed by atoms with Gasteiger partial charge in [-0.25, -0.2) is 0 Å². The fourth-order valence-corrected chi connectivity index (χ4v) is 2.57. The number of nitrogens with one attached hydrogen (secondary N) is 1. The van der Waals surface area contributed by atoms with Crippen LogP contribution in [-0.2, 0) is 6.54 Å². The van der Waals surface area contributed by atoms with Crippen LogP contribution in [-0.4, -0.2) is 35.7 Å². The highest BCUT2D eigenvalue weighted by molar-refractivity contribution is 5.20. The van der Waals surface area contributed by atoms with Crippen LogP contribution in [0.15, 0.2) is 4.52 Å². The molecule has 102 valence electrons. The first-order valence-electron chi connectivity index (χ1n) is 6.95. The maximum Gasteiger partial charge on any atom is 0.138 e. The van der Waals surface area contributed by atoms with Crippen molar-refractivity contribution < 1.29 is 4.52 Å². The second kappa shape index (κ2) is 5.85. The van der Waals surface area contributed by atoms with Gasteiger partial charge in [0.15, 0.2) is 0 Å². The van der Waals surface area contributed by atoms with Crippen LogP contribution in [0.5, 0.6) is 0 Å². The normalized spacial score (nSPS) is 22.4. The molecule has 0 aromatic carbocycles. The molecule has 1 unspecified atom stereocenters. The number of hydrogen-bond donors (Lipinski definition) is 1. The van der Waals surface area contributed by atoms with Crippen LogP contribution in [0.2, 0.25) is 0 Å². The van der Waals surface area contributed by atoms with Crippen molar-refractivity contribution in [2.45, 2.75) is 46.7 Å².